The van der Waals surface area contributed by atoms with E-state index < -0.39 is 10.0 Å². The van der Waals surface area contributed by atoms with Crippen molar-refractivity contribution < 1.29 is 17.9 Å². The molecule has 0 aliphatic rings. The number of fused-ring (bicyclic) bond motifs is 2. The third-order valence-electron chi connectivity index (χ3n) is 6.25. The first-order valence-electron chi connectivity index (χ1n) is 13.0. The lowest BCUT2D eigenvalue weighted by Crippen LogP contribution is -2.13. The van der Waals surface area contributed by atoms with Crippen molar-refractivity contribution in [1.82, 2.24) is 18.8 Å². The predicted molar refractivity (Wildman–Crippen MR) is 161 cm³/mol. The van der Waals surface area contributed by atoms with E-state index in [0.29, 0.717) is 52.5 Å². The molecule has 0 saturated carbocycles. The Morgan fingerprint density at radius 1 is 1.05 bits per heavy atom. The number of rotatable bonds is 10. The van der Waals surface area contributed by atoms with Gasteiger partial charge in [-0.05, 0) is 63.5 Å². The number of hydrogen-bond donors (Lipinski definition) is 2. The van der Waals surface area contributed by atoms with Gasteiger partial charge < -0.3 is 20.3 Å². The number of hydrogen-bond acceptors (Lipinski definition) is 8. The minimum atomic E-state index is -3.73. The van der Waals surface area contributed by atoms with Gasteiger partial charge in [-0.3, -0.25) is 4.79 Å². The van der Waals surface area contributed by atoms with E-state index in [1.807, 2.05) is 32.0 Å². The van der Waals surface area contributed by atoms with Crippen LogP contribution in [0.3, 0.4) is 0 Å². The van der Waals surface area contributed by atoms with Gasteiger partial charge in [-0.15, -0.1) is 0 Å². The maximum atomic E-state index is 13.2. The highest BCUT2D eigenvalue weighted by Gasteiger charge is 2.19. The minimum absolute atomic E-state index is 0.217. The van der Waals surface area contributed by atoms with Crippen LogP contribution in [0.25, 0.3) is 21.8 Å². The molecule has 0 spiro atoms. The molecule has 3 aromatic carbocycles. The monoisotopic (exact) mass is 570 g/mol. The standard InChI is InChI=1S/C30H30N6O4S/c1-4-40-28-19-25-24(18-26(28)34-29(37)11-8-15-35(2)3)30(32-20-31-25)33-22-12-13-27-21(17-22)14-16-36(27)41(38,39)23-9-6-5-7-10-23/h5-14,16-20H,4,15H2,1-3H3,(H,34,37)(H,31,32,33). The summed E-state index contributed by atoms with van der Waals surface area (Å²) in [4.78, 5) is 23.6. The van der Waals surface area contributed by atoms with E-state index in [-0.39, 0.29) is 10.8 Å². The topological polar surface area (TPSA) is 118 Å². The summed E-state index contributed by atoms with van der Waals surface area (Å²) in [5.41, 5.74) is 2.39. The molecule has 2 N–H and O–H groups in total. The zero-order valence-corrected chi connectivity index (χ0v) is 23.7. The van der Waals surface area contributed by atoms with E-state index in [9.17, 15) is 13.2 Å². The summed E-state index contributed by atoms with van der Waals surface area (Å²) < 4.78 is 33.4. The molecule has 10 nitrogen and oxygen atoms in total. The SMILES string of the molecule is CCOc1cc2ncnc(Nc3ccc4c(ccn4S(=O)(=O)c4ccccc4)c3)c2cc1NC(=O)C=CCN(C)C. The average molecular weight is 571 g/mol. The van der Waals surface area contributed by atoms with E-state index in [2.05, 4.69) is 20.6 Å². The molecule has 11 heteroatoms. The number of aromatic nitrogens is 3. The lowest BCUT2D eigenvalue weighted by atomic mass is 10.1. The normalized spacial score (nSPS) is 11.9. The third-order valence-corrected chi connectivity index (χ3v) is 7.96. The van der Waals surface area contributed by atoms with Gasteiger partial charge in [0, 0.05) is 41.3 Å². The lowest BCUT2D eigenvalue weighted by molar-refractivity contribution is -0.111. The van der Waals surface area contributed by atoms with Crippen LogP contribution in [-0.4, -0.2) is 60.4 Å². The van der Waals surface area contributed by atoms with Crippen LogP contribution in [0.15, 0.2) is 96.3 Å². The molecule has 2 heterocycles. The molecule has 0 aliphatic carbocycles. The molecule has 2 aromatic heterocycles. The van der Waals surface area contributed by atoms with Crippen molar-refractivity contribution in [2.45, 2.75) is 11.8 Å². The van der Waals surface area contributed by atoms with Crippen molar-refractivity contribution in [3.05, 3.63) is 91.4 Å². The Labute approximate surface area is 238 Å². The summed E-state index contributed by atoms with van der Waals surface area (Å²) in [5.74, 6) is 0.743. The highest BCUT2D eigenvalue weighted by Crippen LogP contribution is 2.34. The van der Waals surface area contributed by atoms with Crippen LogP contribution in [0.5, 0.6) is 5.75 Å². The van der Waals surface area contributed by atoms with Gasteiger partial charge in [0.15, 0.2) is 0 Å². The Kier molecular flexibility index (Phi) is 7.99. The van der Waals surface area contributed by atoms with Crippen LogP contribution >= 0.6 is 0 Å². The number of anilines is 3. The highest BCUT2D eigenvalue weighted by molar-refractivity contribution is 7.90. The molecule has 0 radical (unpaired) electrons. The molecule has 41 heavy (non-hydrogen) atoms. The Bertz CT molecular complexity index is 1850. The summed E-state index contributed by atoms with van der Waals surface area (Å²) >= 11 is 0. The van der Waals surface area contributed by atoms with Gasteiger partial charge in [0.2, 0.25) is 5.91 Å². The fourth-order valence-corrected chi connectivity index (χ4v) is 5.72. The number of carbonyl (C=O) groups is 1. The molecule has 0 atom stereocenters. The molecule has 0 bridgehead atoms. The molecule has 210 valence electrons. The Morgan fingerprint density at radius 2 is 1.85 bits per heavy atom. The van der Waals surface area contributed by atoms with Crippen LogP contribution in [-0.2, 0) is 14.8 Å². The fraction of sp³-hybridized carbons (Fsp3) is 0.167. The van der Waals surface area contributed by atoms with Gasteiger partial charge in [0.25, 0.3) is 10.0 Å². The number of amides is 1. The summed E-state index contributed by atoms with van der Waals surface area (Å²) in [7, 11) is 0.113. The average Bonchev–Trinajstić information content (AvgIpc) is 3.38. The van der Waals surface area contributed by atoms with E-state index in [0.717, 1.165) is 5.39 Å². The molecule has 0 saturated heterocycles. The summed E-state index contributed by atoms with van der Waals surface area (Å²) in [5, 5.41) is 7.62. The first-order chi connectivity index (χ1) is 19.8. The highest BCUT2D eigenvalue weighted by atomic mass is 32.2. The fourth-order valence-electron chi connectivity index (χ4n) is 4.35. The summed E-state index contributed by atoms with van der Waals surface area (Å²) in [6, 6.07) is 19.0. The second-order valence-corrected chi connectivity index (χ2v) is 11.3. The Morgan fingerprint density at radius 3 is 2.61 bits per heavy atom. The van der Waals surface area contributed by atoms with Gasteiger partial charge in [-0.25, -0.2) is 22.4 Å². The molecule has 5 rings (SSSR count). The zero-order chi connectivity index (χ0) is 29.0. The number of carbonyl (C=O) groups excluding carboxylic acids is 1. The lowest BCUT2D eigenvalue weighted by Gasteiger charge is -2.14. The molecular weight excluding hydrogens is 540 g/mol. The number of nitrogens with zero attached hydrogens (tertiary/aromatic N) is 4. The smallest absolute Gasteiger partial charge is 0.268 e. The van der Waals surface area contributed by atoms with Gasteiger partial charge in [0.1, 0.15) is 17.9 Å². The van der Waals surface area contributed by atoms with Crippen molar-refractivity contribution in [2.24, 2.45) is 0 Å². The summed E-state index contributed by atoms with van der Waals surface area (Å²) in [6.45, 7) is 2.92. The molecular formula is C30H30N6O4S. The van der Waals surface area contributed by atoms with Gasteiger partial charge >= 0.3 is 0 Å². The van der Waals surface area contributed by atoms with Crippen LogP contribution in [0, 0.1) is 0 Å². The second-order valence-electron chi connectivity index (χ2n) is 9.50. The molecule has 0 fully saturated rings. The van der Waals surface area contributed by atoms with Crippen molar-refractivity contribution in [1.29, 1.82) is 0 Å². The summed E-state index contributed by atoms with van der Waals surface area (Å²) in [6.07, 6.45) is 6.26. The second kappa shape index (κ2) is 11.8. The largest absolute Gasteiger partial charge is 0.492 e. The van der Waals surface area contributed by atoms with E-state index >= 15 is 0 Å². The zero-order valence-electron chi connectivity index (χ0n) is 22.9. The molecule has 0 unspecified atom stereocenters. The van der Waals surface area contributed by atoms with Crippen molar-refractivity contribution in [2.75, 3.05) is 37.9 Å². The minimum Gasteiger partial charge on any atom is -0.492 e. The number of benzene rings is 3. The molecule has 5 aromatic rings. The quantitative estimate of drug-likeness (QED) is 0.225. The maximum Gasteiger partial charge on any atom is 0.268 e. The van der Waals surface area contributed by atoms with Crippen LogP contribution in [0.1, 0.15) is 6.92 Å². The first-order valence-corrected chi connectivity index (χ1v) is 14.4. The van der Waals surface area contributed by atoms with Crippen molar-refractivity contribution in [3.8, 4) is 5.75 Å². The van der Waals surface area contributed by atoms with Crippen molar-refractivity contribution >= 4 is 54.9 Å². The Hall–Kier alpha value is -4.74. The van der Waals surface area contributed by atoms with E-state index in [4.69, 9.17) is 4.74 Å². The van der Waals surface area contributed by atoms with Gasteiger partial charge in [0.05, 0.1) is 28.2 Å². The van der Waals surface area contributed by atoms with Gasteiger partial charge in [-0.2, -0.15) is 0 Å². The van der Waals surface area contributed by atoms with E-state index in [1.54, 1.807) is 72.9 Å². The third kappa shape index (κ3) is 6.06. The van der Waals surface area contributed by atoms with Crippen LogP contribution < -0.4 is 15.4 Å². The maximum absolute atomic E-state index is 13.2. The van der Waals surface area contributed by atoms with Crippen molar-refractivity contribution in [3.63, 3.8) is 0 Å². The molecule has 1 amide bonds. The van der Waals surface area contributed by atoms with Crippen LogP contribution in [0.2, 0.25) is 0 Å². The number of nitrogens with one attached hydrogen (secondary N) is 2. The van der Waals surface area contributed by atoms with Gasteiger partial charge in [-0.1, -0.05) is 24.3 Å². The predicted octanol–water partition coefficient (Wildman–Crippen LogP) is 5.02. The first kappa shape index (κ1) is 27.8. The van der Waals surface area contributed by atoms with E-state index in [1.165, 1.54) is 16.4 Å². The Balaban J connectivity index is 1.46. The number of ether oxygens (including phenoxy) is 1. The number of likely N-dealkylation sites (N-methyl/N-ethyl adjacent to an activating group) is 1. The van der Waals surface area contributed by atoms with Crippen LogP contribution in [0.4, 0.5) is 17.2 Å². The molecule has 0 aliphatic heterocycles.